The second-order valence-electron chi connectivity index (χ2n) is 6.45. The van der Waals surface area contributed by atoms with E-state index >= 15 is 0 Å². The minimum Gasteiger partial charge on any atom is -0.322 e. The van der Waals surface area contributed by atoms with Gasteiger partial charge in [-0.15, -0.1) is 0 Å². The van der Waals surface area contributed by atoms with Gasteiger partial charge in [0.2, 0.25) is 10.0 Å². The molecule has 1 aliphatic heterocycles. The van der Waals surface area contributed by atoms with Gasteiger partial charge in [0, 0.05) is 17.8 Å². The van der Waals surface area contributed by atoms with Gasteiger partial charge in [0.25, 0.3) is 5.91 Å². The summed E-state index contributed by atoms with van der Waals surface area (Å²) >= 11 is 0. The van der Waals surface area contributed by atoms with Crippen LogP contribution in [0.1, 0.15) is 34.8 Å². The van der Waals surface area contributed by atoms with Crippen LogP contribution < -0.4 is 9.62 Å². The summed E-state index contributed by atoms with van der Waals surface area (Å²) in [6.45, 7) is 1.94. The van der Waals surface area contributed by atoms with Gasteiger partial charge in [0.1, 0.15) is 0 Å². The van der Waals surface area contributed by atoms with E-state index in [0.29, 0.717) is 24.3 Å². The molecule has 0 radical (unpaired) electrons. The van der Waals surface area contributed by atoms with Crippen molar-refractivity contribution in [2.24, 2.45) is 0 Å². The molecular formula is C19H19F3N2O3S. The number of alkyl halides is 3. The maximum absolute atomic E-state index is 12.6. The molecule has 0 spiro atoms. The molecule has 0 saturated heterocycles. The SMILES string of the molecule is CCS(=O)(=O)N1CCCc2ccc(NC(=O)c3ccc(C(F)(F)F)cc3)cc21. The summed E-state index contributed by atoms with van der Waals surface area (Å²) in [5, 5.41) is 2.61. The Hall–Kier alpha value is -2.55. The summed E-state index contributed by atoms with van der Waals surface area (Å²) in [4.78, 5) is 12.4. The van der Waals surface area contributed by atoms with Crippen molar-refractivity contribution in [3.05, 3.63) is 59.2 Å². The Morgan fingerprint density at radius 1 is 1.14 bits per heavy atom. The number of benzene rings is 2. The van der Waals surface area contributed by atoms with Crippen LogP contribution in [-0.4, -0.2) is 26.6 Å². The van der Waals surface area contributed by atoms with Crippen molar-refractivity contribution in [3.8, 4) is 0 Å². The third kappa shape index (κ3) is 4.14. The molecule has 0 aromatic heterocycles. The Labute approximate surface area is 161 Å². The average Bonchev–Trinajstić information content (AvgIpc) is 2.66. The summed E-state index contributed by atoms with van der Waals surface area (Å²) in [5.74, 6) is -0.608. The predicted octanol–water partition coefficient (Wildman–Crippen LogP) is 4.06. The van der Waals surface area contributed by atoms with Gasteiger partial charge in [-0.2, -0.15) is 13.2 Å². The Bertz CT molecular complexity index is 986. The molecule has 0 fully saturated rings. The topological polar surface area (TPSA) is 66.5 Å². The molecule has 3 rings (SSSR count). The number of amides is 1. The van der Waals surface area contributed by atoms with E-state index in [4.69, 9.17) is 0 Å². The van der Waals surface area contributed by atoms with Crippen molar-refractivity contribution in [2.45, 2.75) is 25.9 Å². The highest BCUT2D eigenvalue weighted by Gasteiger charge is 2.30. The fraction of sp³-hybridized carbons (Fsp3) is 0.316. The quantitative estimate of drug-likeness (QED) is 0.824. The van der Waals surface area contributed by atoms with E-state index in [1.807, 2.05) is 0 Å². The first kappa shape index (κ1) is 20.2. The van der Waals surface area contributed by atoms with Crippen molar-refractivity contribution in [3.63, 3.8) is 0 Å². The first-order valence-electron chi connectivity index (χ1n) is 8.74. The van der Waals surface area contributed by atoms with E-state index < -0.39 is 27.7 Å². The third-order valence-electron chi connectivity index (χ3n) is 4.59. The summed E-state index contributed by atoms with van der Waals surface area (Å²) in [6.07, 6.45) is -3.02. The lowest BCUT2D eigenvalue weighted by Crippen LogP contribution is -2.36. The molecule has 28 heavy (non-hydrogen) atoms. The van der Waals surface area contributed by atoms with Crippen LogP contribution in [0, 0.1) is 0 Å². The molecular weight excluding hydrogens is 393 g/mol. The van der Waals surface area contributed by atoms with Crippen LogP contribution in [-0.2, 0) is 22.6 Å². The first-order valence-corrected chi connectivity index (χ1v) is 10.3. The zero-order chi connectivity index (χ0) is 20.5. The minimum atomic E-state index is -4.47. The van der Waals surface area contributed by atoms with Gasteiger partial charge in [0.15, 0.2) is 0 Å². The second kappa shape index (κ2) is 7.46. The van der Waals surface area contributed by atoms with Gasteiger partial charge < -0.3 is 5.32 Å². The van der Waals surface area contributed by atoms with Crippen molar-refractivity contribution in [1.29, 1.82) is 0 Å². The second-order valence-corrected chi connectivity index (χ2v) is 8.63. The van der Waals surface area contributed by atoms with E-state index in [9.17, 15) is 26.4 Å². The Morgan fingerprint density at radius 3 is 2.43 bits per heavy atom. The van der Waals surface area contributed by atoms with Crippen LogP contribution in [0.2, 0.25) is 0 Å². The number of nitrogens with zero attached hydrogens (tertiary/aromatic N) is 1. The summed E-state index contributed by atoms with van der Waals surface area (Å²) < 4.78 is 63.9. The lowest BCUT2D eigenvalue weighted by Gasteiger charge is -2.30. The van der Waals surface area contributed by atoms with Gasteiger partial charge in [-0.1, -0.05) is 6.07 Å². The van der Waals surface area contributed by atoms with Crippen LogP contribution in [0.5, 0.6) is 0 Å². The lowest BCUT2D eigenvalue weighted by atomic mass is 10.0. The Balaban J connectivity index is 1.84. The summed E-state index contributed by atoms with van der Waals surface area (Å²) in [7, 11) is -3.44. The molecule has 150 valence electrons. The first-order chi connectivity index (χ1) is 13.1. The third-order valence-corrected chi connectivity index (χ3v) is 6.37. The smallest absolute Gasteiger partial charge is 0.322 e. The van der Waals surface area contributed by atoms with Crippen molar-refractivity contribution >= 4 is 27.3 Å². The minimum absolute atomic E-state index is 0.0332. The number of hydrogen-bond acceptors (Lipinski definition) is 3. The van der Waals surface area contributed by atoms with Crippen LogP contribution in [0.4, 0.5) is 24.5 Å². The van der Waals surface area contributed by atoms with Crippen LogP contribution in [0.3, 0.4) is 0 Å². The Kier molecular flexibility index (Phi) is 5.38. The van der Waals surface area contributed by atoms with E-state index in [2.05, 4.69) is 5.32 Å². The number of halogens is 3. The van der Waals surface area contributed by atoms with Gasteiger partial charge >= 0.3 is 6.18 Å². The normalized spacial score (nSPS) is 14.5. The molecule has 0 unspecified atom stereocenters. The number of carbonyl (C=O) groups excluding carboxylic acids is 1. The number of sulfonamides is 1. The molecule has 1 aliphatic rings. The number of carbonyl (C=O) groups is 1. The lowest BCUT2D eigenvalue weighted by molar-refractivity contribution is -0.137. The molecule has 1 heterocycles. The zero-order valence-corrected chi connectivity index (χ0v) is 15.9. The number of hydrogen-bond donors (Lipinski definition) is 1. The molecule has 2 aromatic carbocycles. The van der Waals surface area contributed by atoms with Crippen molar-refractivity contribution in [1.82, 2.24) is 0 Å². The highest BCUT2D eigenvalue weighted by Crippen LogP contribution is 2.33. The maximum atomic E-state index is 12.6. The fourth-order valence-corrected chi connectivity index (χ4v) is 4.27. The molecule has 9 heteroatoms. The van der Waals surface area contributed by atoms with Crippen LogP contribution in [0.15, 0.2) is 42.5 Å². The van der Waals surface area contributed by atoms with Gasteiger partial charge in [-0.3, -0.25) is 9.10 Å². The average molecular weight is 412 g/mol. The highest BCUT2D eigenvalue weighted by atomic mass is 32.2. The van der Waals surface area contributed by atoms with Gasteiger partial charge in [-0.25, -0.2) is 8.42 Å². The molecule has 0 saturated carbocycles. The number of fused-ring (bicyclic) bond motifs is 1. The monoisotopic (exact) mass is 412 g/mol. The van der Waals surface area contributed by atoms with Crippen molar-refractivity contribution in [2.75, 3.05) is 21.9 Å². The molecule has 0 atom stereocenters. The van der Waals surface area contributed by atoms with Crippen molar-refractivity contribution < 1.29 is 26.4 Å². The highest BCUT2D eigenvalue weighted by molar-refractivity contribution is 7.92. The van der Waals surface area contributed by atoms with Crippen LogP contribution >= 0.6 is 0 Å². The zero-order valence-electron chi connectivity index (χ0n) is 15.1. The van der Waals surface area contributed by atoms with Crippen LogP contribution in [0.25, 0.3) is 0 Å². The fourth-order valence-electron chi connectivity index (χ4n) is 3.08. The van der Waals surface area contributed by atoms with Gasteiger partial charge in [-0.05, 0) is 61.7 Å². The molecule has 1 amide bonds. The number of aryl methyl sites for hydroxylation is 1. The molecule has 5 nitrogen and oxygen atoms in total. The number of nitrogens with one attached hydrogen (secondary N) is 1. The molecule has 0 aliphatic carbocycles. The Morgan fingerprint density at radius 2 is 1.82 bits per heavy atom. The number of anilines is 2. The predicted molar refractivity (Wildman–Crippen MR) is 101 cm³/mol. The van der Waals surface area contributed by atoms with Gasteiger partial charge in [0.05, 0.1) is 17.0 Å². The maximum Gasteiger partial charge on any atom is 0.416 e. The molecule has 0 bridgehead atoms. The summed E-state index contributed by atoms with van der Waals surface area (Å²) in [5.41, 5.74) is 1.01. The standard InChI is InChI=1S/C19H19F3N2O3S/c1-2-28(26,27)24-11-3-4-13-7-10-16(12-17(13)24)23-18(25)14-5-8-15(9-6-14)19(20,21)22/h5-10,12H,2-4,11H2,1H3,(H,23,25). The van der Waals surface area contributed by atoms with E-state index in [1.165, 1.54) is 4.31 Å². The largest absolute Gasteiger partial charge is 0.416 e. The molecule has 2 aromatic rings. The number of rotatable bonds is 4. The summed E-state index contributed by atoms with van der Waals surface area (Å²) in [6, 6.07) is 8.89. The van der Waals surface area contributed by atoms with E-state index in [-0.39, 0.29) is 11.3 Å². The van der Waals surface area contributed by atoms with E-state index in [0.717, 1.165) is 36.2 Å². The molecule has 1 N–H and O–H groups in total. The van der Waals surface area contributed by atoms with E-state index in [1.54, 1.807) is 25.1 Å².